The van der Waals surface area contributed by atoms with Gasteiger partial charge in [-0.1, -0.05) is 30.3 Å². The van der Waals surface area contributed by atoms with Crippen LogP contribution >= 0.6 is 0 Å². The molecule has 0 spiro atoms. The van der Waals surface area contributed by atoms with Gasteiger partial charge in [-0.25, -0.2) is 0 Å². The number of ketones is 1. The predicted octanol–water partition coefficient (Wildman–Crippen LogP) is 3.21. The summed E-state index contributed by atoms with van der Waals surface area (Å²) in [6, 6.07) is 10.6. The molecule has 2 aromatic rings. The van der Waals surface area contributed by atoms with Gasteiger partial charge in [0.2, 0.25) is 0 Å². The molecule has 1 aliphatic rings. The monoisotopic (exact) mass is 210 g/mol. The quantitative estimate of drug-likeness (QED) is 0.652. The first-order chi connectivity index (χ1) is 7.75. The summed E-state index contributed by atoms with van der Waals surface area (Å²) in [6.45, 7) is 2.18. The van der Waals surface area contributed by atoms with Crippen molar-refractivity contribution in [3.05, 3.63) is 47.0 Å². The Morgan fingerprint density at radius 3 is 2.81 bits per heavy atom. The van der Waals surface area contributed by atoms with Crippen molar-refractivity contribution < 1.29 is 4.79 Å². The van der Waals surface area contributed by atoms with Gasteiger partial charge in [0.15, 0.2) is 0 Å². The van der Waals surface area contributed by atoms with E-state index in [-0.39, 0.29) is 0 Å². The Balaban J connectivity index is 2.32. The minimum absolute atomic E-state index is 0.377. The lowest BCUT2D eigenvalue weighted by Gasteiger charge is -2.19. The molecule has 0 saturated heterocycles. The van der Waals surface area contributed by atoms with E-state index in [0.717, 1.165) is 6.42 Å². The molecule has 0 atom stereocenters. The molecule has 0 radical (unpaired) electrons. The summed E-state index contributed by atoms with van der Waals surface area (Å²) >= 11 is 0. The second-order valence-electron chi connectivity index (χ2n) is 4.58. The summed E-state index contributed by atoms with van der Waals surface area (Å²) in [6.07, 6.45) is 2.26. The molecule has 0 saturated carbocycles. The molecule has 0 fully saturated rings. The van der Waals surface area contributed by atoms with Crippen molar-refractivity contribution in [3.63, 3.8) is 0 Å². The number of carbonyl (C=O) groups is 1. The Bertz CT molecular complexity index is 581. The molecular weight excluding hydrogens is 196 g/mol. The molecule has 0 bridgehead atoms. The van der Waals surface area contributed by atoms with Crippen LogP contribution in [0.15, 0.2) is 30.3 Å². The van der Waals surface area contributed by atoms with E-state index in [1.165, 1.54) is 27.5 Å². The molecule has 0 heterocycles. The normalized spacial score (nSPS) is 15.2. The van der Waals surface area contributed by atoms with Crippen LogP contribution in [0.3, 0.4) is 0 Å². The Morgan fingerprint density at radius 2 is 1.94 bits per heavy atom. The molecule has 0 N–H and O–H groups in total. The van der Waals surface area contributed by atoms with Gasteiger partial charge in [-0.05, 0) is 40.8 Å². The lowest BCUT2D eigenvalue weighted by molar-refractivity contribution is -0.118. The minimum atomic E-state index is 0.377. The Hall–Kier alpha value is -1.63. The van der Waals surface area contributed by atoms with Gasteiger partial charge in [0.25, 0.3) is 0 Å². The summed E-state index contributed by atoms with van der Waals surface area (Å²) in [5.74, 6) is 0.377. The topological polar surface area (TPSA) is 17.1 Å². The second kappa shape index (κ2) is 3.44. The molecule has 16 heavy (non-hydrogen) atoms. The van der Waals surface area contributed by atoms with E-state index in [1.54, 1.807) is 0 Å². The van der Waals surface area contributed by atoms with E-state index in [2.05, 4.69) is 37.3 Å². The zero-order valence-electron chi connectivity index (χ0n) is 9.42. The number of fused-ring (bicyclic) bond motifs is 2. The third-order valence-electron chi connectivity index (χ3n) is 3.58. The molecular formula is C15H14O. The van der Waals surface area contributed by atoms with Gasteiger partial charge in [0, 0.05) is 12.8 Å². The summed E-state index contributed by atoms with van der Waals surface area (Å²) in [7, 11) is 0. The third-order valence-corrected chi connectivity index (χ3v) is 3.58. The van der Waals surface area contributed by atoms with Crippen LogP contribution in [0.1, 0.15) is 23.1 Å². The van der Waals surface area contributed by atoms with Crippen molar-refractivity contribution in [3.8, 4) is 0 Å². The predicted molar refractivity (Wildman–Crippen MR) is 65.7 cm³/mol. The van der Waals surface area contributed by atoms with Crippen LogP contribution in [0.25, 0.3) is 10.8 Å². The number of carbonyl (C=O) groups excluding carboxylic acids is 1. The van der Waals surface area contributed by atoms with E-state index in [9.17, 15) is 4.79 Å². The molecule has 1 nitrogen and oxygen atoms in total. The highest BCUT2D eigenvalue weighted by atomic mass is 16.1. The average Bonchev–Trinajstić information content (AvgIpc) is 2.29. The number of benzene rings is 2. The molecule has 1 aliphatic carbocycles. The van der Waals surface area contributed by atoms with Crippen LogP contribution in [0.2, 0.25) is 0 Å². The summed E-state index contributed by atoms with van der Waals surface area (Å²) < 4.78 is 0. The second-order valence-corrected chi connectivity index (χ2v) is 4.58. The van der Waals surface area contributed by atoms with Crippen molar-refractivity contribution >= 4 is 16.6 Å². The van der Waals surface area contributed by atoms with Crippen LogP contribution in [0, 0.1) is 6.92 Å². The summed E-state index contributed by atoms with van der Waals surface area (Å²) in [5, 5.41) is 2.59. The molecule has 0 aliphatic heterocycles. The van der Waals surface area contributed by atoms with E-state index < -0.39 is 0 Å². The van der Waals surface area contributed by atoms with Gasteiger partial charge >= 0.3 is 0 Å². The van der Waals surface area contributed by atoms with Crippen molar-refractivity contribution in [2.75, 3.05) is 0 Å². The molecule has 0 amide bonds. The zero-order valence-corrected chi connectivity index (χ0v) is 9.42. The fraction of sp³-hybridized carbons (Fsp3) is 0.267. The highest BCUT2D eigenvalue weighted by molar-refractivity contribution is 5.91. The van der Waals surface area contributed by atoms with Crippen LogP contribution < -0.4 is 0 Å². The van der Waals surface area contributed by atoms with Crippen LogP contribution in [-0.4, -0.2) is 5.78 Å². The van der Waals surface area contributed by atoms with E-state index in [1.807, 2.05) is 0 Å². The zero-order chi connectivity index (χ0) is 11.1. The number of hydrogen-bond acceptors (Lipinski definition) is 1. The van der Waals surface area contributed by atoms with Gasteiger partial charge < -0.3 is 0 Å². The summed E-state index contributed by atoms with van der Waals surface area (Å²) in [5.41, 5.74) is 4.01. The van der Waals surface area contributed by atoms with Crippen LogP contribution in [-0.2, 0) is 17.6 Å². The number of rotatable bonds is 0. The smallest absolute Gasteiger partial charge is 0.137 e. The highest BCUT2D eigenvalue weighted by Crippen LogP contribution is 2.29. The van der Waals surface area contributed by atoms with Crippen molar-refractivity contribution in [1.82, 2.24) is 0 Å². The van der Waals surface area contributed by atoms with Gasteiger partial charge in [-0.15, -0.1) is 0 Å². The van der Waals surface area contributed by atoms with Crippen molar-refractivity contribution in [1.29, 1.82) is 0 Å². The fourth-order valence-corrected chi connectivity index (χ4v) is 2.71. The average molecular weight is 210 g/mol. The van der Waals surface area contributed by atoms with Gasteiger partial charge in [-0.3, -0.25) is 4.79 Å². The first-order valence-corrected chi connectivity index (χ1v) is 5.77. The molecule has 0 unspecified atom stereocenters. The SMILES string of the molecule is Cc1c2c(cc3ccccc13)CC(=O)CC2. The standard InChI is InChI=1S/C15H14O/c1-10-14-5-3-2-4-11(14)8-12-9-13(16)6-7-15(10)12/h2-5,8H,6-7,9H2,1H3. The molecule has 2 aromatic carbocycles. The Morgan fingerprint density at radius 1 is 1.12 bits per heavy atom. The fourth-order valence-electron chi connectivity index (χ4n) is 2.71. The van der Waals surface area contributed by atoms with E-state index in [0.29, 0.717) is 18.6 Å². The molecule has 3 rings (SSSR count). The molecule has 0 aromatic heterocycles. The lowest BCUT2D eigenvalue weighted by atomic mass is 9.85. The van der Waals surface area contributed by atoms with E-state index in [4.69, 9.17) is 0 Å². The van der Waals surface area contributed by atoms with Crippen molar-refractivity contribution in [2.24, 2.45) is 0 Å². The largest absolute Gasteiger partial charge is 0.299 e. The van der Waals surface area contributed by atoms with Gasteiger partial charge in [0.05, 0.1) is 0 Å². The minimum Gasteiger partial charge on any atom is -0.299 e. The summed E-state index contributed by atoms with van der Waals surface area (Å²) in [4.78, 5) is 11.5. The number of Topliss-reactive ketones (excluding diaryl/α,β-unsaturated/α-hetero) is 1. The maximum Gasteiger partial charge on any atom is 0.137 e. The number of aryl methyl sites for hydroxylation is 1. The van der Waals surface area contributed by atoms with Crippen molar-refractivity contribution in [2.45, 2.75) is 26.2 Å². The third kappa shape index (κ3) is 1.35. The first kappa shape index (κ1) is 9.59. The maximum atomic E-state index is 11.5. The van der Waals surface area contributed by atoms with Crippen LogP contribution in [0.5, 0.6) is 0 Å². The first-order valence-electron chi connectivity index (χ1n) is 5.77. The van der Waals surface area contributed by atoms with Crippen LogP contribution in [0.4, 0.5) is 0 Å². The maximum absolute atomic E-state index is 11.5. The van der Waals surface area contributed by atoms with Gasteiger partial charge in [0.1, 0.15) is 5.78 Å². The lowest BCUT2D eigenvalue weighted by Crippen LogP contribution is -2.14. The number of hydrogen-bond donors (Lipinski definition) is 0. The Labute approximate surface area is 95.1 Å². The Kier molecular flexibility index (Phi) is 2.06. The molecule has 1 heteroatoms. The highest BCUT2D eigenvalue weighted by Gasteiger charge is 2.18. The van der Waals surface area contributed by atoms with Gasteiger partial charge in [-0.2, -0.15) is 0 Å². The molecule has 80 valence electrons. The van der Waals surface area contributed by atoms with E-state index >= 15 is 0 Å².